The first kappa shape index (κ1) is 19.2. The number of carbonyl (C=O) groups is 2. The molecule has 0 bridgehead atoms. The monoisotopic (exact) mass is 388 g/mol. The fourth-order valence-corrected chi connectivity index (χ4v) is 3.77. The van der Waals surface area contributed by atoms with E-state index >= 15 is 0 Å². The maximum atomic E-state index is 12.6. The lowest BCUT2D eigenvalue weighted by atomic mass is 10.1. The molecule has 1 aromatic heterocycles. The Morgan fingerprint density at radius 3 is 2.81 bits per heavy atom. The summed E-state index contributed by atoms with van der Waals surface area (Å²) in [7, 11) is 3.67. The van der Waals surface area contributed by atoms with Crippen LogP contribution in [0.4, 0.5) is 10.5 Å². The summed E-state index contributed by atoms with van der Waals surface area (Å²) < 4.78 is 1.87. The molecule has 2 heterocycles. The van der Waals surface area contributed by atoms with Crippen LogP contribution in [0.5, 0.6) is 0 Å². The molecule has 0 saturated carbocycles. The molecule has 1 unspecified atom stereocenters. The molecule has 0 spiro atoms. The molecule has 0 aliphatic carbocycles. The van der Waals surface area contributed by atoms with E-state index in [-0.39, 0.29) is 29.8 Å². The van der Waals surface area contributed by atoms with Crippen LogP contribution in [-0.4, -0.2) is 62.7 Å². The van der Waals surface area contributed by atoms with Gasteiger partial charge in [0.15, 0.2) is 5.16 Å². The van der Waals surface area contributed by atoms with E-state index in [1.54, 1.807) is 34.9 Å². The number of piperazine rings is 1. The molecule has 3 amide bonds. The molecule has 3 rings (SSSR count). The van der Waals surface area contributed by atoms with E-state index < -0.39 is 0 Å². The van der Waals surface area contributed by atoms with Crippen LogP contribution >= 0.6 is 11.8 Å². The van der Waals surface area contributed by atoms with Crippen molar-refractivity contribution in [3.8, 4) is 0 Å². The van der Waals surface area contributed by atoms with Crippen LogP contribution in [0, 0.1) is 0 Å². The number of hydrogen-bond donors (Lipinski definition) is 1. The minimum atomic E-state index is -0.256. The van der Waals surface area contributed by atoms with Gasteiger partial charge in [0.05, 0.1) is 0 Å². The predicted molar refractivity (Wildman–Crippen MR) is 105 cm³/mol. The number of nitrogens with zero attached hydrogens (tertiary/aromatic N) is 5. The van der Waals surface area contributed by atoms with Gasteiger partial charge in [0.2, 0.25) is 5.91 Å². The van der Waals surface area contributed by atoms with Gasteiger partial charge in [-0.2, -0.15) is 0 Å². The fourth-order valence-electron chi connectivity index (χ4n) is 2.86. The molecule has 1 aliphatic heterocycles. The number of aryl methyl sites for hydroxylation is 1. The van der Waals surface area contributed by atoms with Crippen molar-refractivity contribution in [1.82, 2.24) is 24.6 Å². The largest absolute Gasteiger partial charge is 0.340 e. The van der Waals surface area contributed by atoms with Gasteiger partial charge in [-0.3, -0.25) is 4.79 Å². The summed E-state index contributed by atoms with van der Waals surface area (Å²) in [5.74, 6) is -0.0497. The molecule has 1 aliphatic rings. The van der Waals surface area contributed by atoms with Crippen LogP contribution in [-0.2, 0) is 11.8 Å². The van der Waals surface area contributed by atoms with Crippen molar-refractivity contribution in [2.75, 3.05) is 25.5 Å². The Balaban J connectivity index is 1.66. The summed E-state index contributed by atoms with van der Waals surface area (Å²) >= 11 is 1.60. The maximum Gasteiger partial charge on any atom is 0.322 e. The zero-order chi connectivity index (χ0) is 19.6. The quantitative estimate of drug-likeness (QED) is 0.813. The SMILES string of the molecule is CC1CN(C(=O)Nc2cccc([C@H](C)Sc3nncn3C)c2)CC(=O)N1C. The van der Waals surface area contributed by atoms with E-state index in [9.17, 15) is 9.59 Å². The molecule has 8 nitrogen and oxygen atoms in total. The second kappa shape index (κ2) is 7.99. The van der Waals surface area contributed by atoms with Crippen molar-refractivity contribution >= 4 is 29.4 Å². The molecule has 27 heavy (non-hydrogen) atoms. The van der Waals surface area contributed by atoms with Crippen LogP contribution in [0.1, 0.15) is 24.7 Å². The Hall–Kier alpha value is -2.55. The third kappa shape index (κ3) is 4.41. The molecular formula is C18H24N6O2S. The molecular weight excluding hydrogens is 364 g/mol. The van der Waals surface area contributed by atoms with E-state index in [1.165, 1.54) is 0 Å². The van der Waals surface area contributed by atoms with Crippen molar-refractivity contribution in [3.05, 3.63) is 36.2 Å². The normalized spacial score (nSPS) is 18.5. The number of urea groups is 1. The number of carbonyl (C=O) groups excluding carboxylic acids is 2. The van der Waals surface area contributed by atoms with Gasteiger partial charge in [-0.25, -0.2) is 4.79 Å². The van der Waals surface area contributed by atoms with E-state index in [1.807, 2.05) is 42.8 Å². The lowest BCUT2D eigenvalue weighted by Gasteiger charge is -2.37. The highest BCUT2D eigenvalue weighted by molar-refractivity contribution is 7.99. The lowest BCUT2D eigenvalue weighted by Crippen LogP contribution is -2.56. The van der Waals surface area contributed by atoms with Gasteiger partial charge in [0.1, 0.15) is 12.9 Å². The second-order valence-electron chi connectivity index (χ2n) is 6.77. The van der Waals surface area contributed by atoms with Crippen LogP contribution < -0.4 is 5.32 Å². The van der Waals surface area contributed by atoms with Gasteiger partial charge in [-0.15, -0.1) is 10.2 Å². The zero-order valence-corrected chi connectivity index (χ0v) is 16.7. The minimum Gasteiger partial charge on any atom is -0.340 e. The second-order valence-corrected chi connectivity index (χ2v) is 8.08. The number of anilines is 1. The third-order valence-corrected chi connectivity index (χ3v) is 5.92. The minimum absolute atomic E-state index is 0.00570. The van der Waals surface area contributed by atoms with Gasteiger partial charge < -0.3 is 19.7 Å². The highest BCUT2D eigenvalue weighted by Crippen LogP contribution is 2.34. The number of benzene rings is 1. The highest BCUT2D eigenvalue weighted by Gasteiger charge is 2.29. The average Bonchev–Trinajstić information content (AvgIpc) is 3.04. The molecule has 1 fully saturated rings. The van der Waals surface area contributed by atoms with Crippen molar-refractivity contribution in [3.63, 3.8) is 0 Å². The van der Waals surface area contributed by atoms with Crippen molar-refractivity contribution < 1.29 is 9.59 Å². The van der Waals surface area contributed by atoms with Gasteiger partial charge in [0.25, 0.3) is 0 Å². The molecule has 2 atom stereocenters. The van der Waals surface area contributed by atoms with E-state index in [4.69, 9.17) is 0 Å². The molecule has 144 valence electrons. The summed E-state index contributed by atoms with van der Waals surface area (Å²) in [6.45, 7) is 4.64. The van der Waals surface area contributed by atoms with Crippen molar-refractivity contribution in [2.24, 2.45) is 7.05 Å². The Bertz CT molecular complexity index is 839. The first-order valence-electron chi connectivity index (χ1n) is 8.77. The van der Waals surface area contributed by atoms with Crippen LogP contribution in [0.2, 0.25) is 0 Å². The molecule has 1 N–H and O–H groups in total. The number of thioether (sulfide) groups is 1. The van der Waals surface area contributed by atoms with Gasteiger partial charge in [-0.1, -0.05) is 23.9 Å². The van der Waals surface area contributed by atoms with Gasteiger partial charge >= 0.3 is 6.03 Å². The molecule has 9 heteroatoms. The number of nitrogens with one attached hydrogen (secondary N) is 1. The highest BCUT2D eigenvalue weighted by atomic mass is 32.2. The third-order valence-electron chi connectivity index (χ3n) is 4.71. The van der Waals surface area contributed by atoms with Crippen LogP contribution in [0.3, 0.4) is 0 Å². The molecule has 2 aromatic rings. The van der Waals surface area contributed by atoms with E-state index in [0.717, 1.165) is 10.7 Å². The Morgan fingerprint density at radius 1 is 1.37 bits per heavy atom. The Morgan fingerprint density at radius 2 is 2.15 bits per heavy atom. The standard InChI is InChI=1S/C18H24N6O2S/c1-12-9-24(10-16(25)23(12)4)17(26)20-15-7-5-6-14(8-15)13(2)27-18-21-19-11-22(18)3/h5-8,11-13H,9-10H2,1-4H3,(H,20,26)/t12?,13-/m0/s1. The van der Waals surface area contributed by atoms with E-state index in [0.29, 0.717) is 12.2 Å². The van der Waals surface area contributed by atoms with Crippen LogP contribution in [0.15, 0.2) is 35.7 Å². The lowest BCUT2D eigenvalue weighted by molar-refractivity contribution is -0.135. The van der Waals surface area contributed by atoms with Crippen molar-refractivity contribution in [2.45, 2.75) is 30.3 Å². The smallest absolute Gasteiger partial charge is 0.322 e. The Kier molecular flexibility index (Phi) is 5.69. The zero-order valence-electron chi connectivity index (χ0n) is 15.9. The van der Waals surface area contributed by atoms with Gasteiger partial charge in [-0.05, 0) is 31.5 Å². The van der Waals surface area contributed by atoms with Crippen molar-refractivity contribution in [1.29, 1.82) is 0 Å². The summed E-state index contributed by atoms with van der Waals surface area (Å²) in [6.07, 6.45) is 1.67. The molecule has 1 aromatic carbocycles. The van der Waals surface area contributed by atoms with Gasteiger partial charge in [0, 0.05) is 37.6 Å². The first-order valence-corrected chi connectivity index (χ1v) is 9.65. The predicted octanol–water partition coefficient (Wildman–Crippen LogP) is 2.36. The maximum absolute atomic E-state index is 12.6. The number of aromatic nitrogens is 3. The Labute approximate surface area is 162 Å². The first-order chi connectivity index (χ1) is 12.8. The number of likely N-dealkylation sites (N-methyl/N-ethyl adjacent to an activating group) is 1. The summed E-state index contributed by atoms with van der Waals surface area (Å²) in [5.41, 5.74) is 1.78. The topological polar surface area (TPSA) is 83.4 Å². The molecule has 1 saturated heterocycles. The summed E-state index contributed by atoms with van der Waals surface area (Å²) in [5, 5.41) is 11.9. The summed E-state index contributed by atoms with van der Waals surface area (Å²) in [4.78, 5) is 27.8. The van der Waals surface area contributed by atoms with E-state index in [2.05, 4.69) is 22.4 Å². The number of amides is 3. The number of hydrogen-bond acceptors (Lipinski definition) is 5. The van der Waals surface area contributed by atoms with Crippen LogP contribution in [0.25, 0.3) is 0 Å². The summed E-state index contributed by atoms with van der Waals surface area (Å²) in [6, 6.07) is 7.48. The average molecular weight is 388 g/mol. The molecule has 0 radical (unpaired) electrons. The fraction of sp³-hybridized carbons (Fsp3) is 0.444. The number of rotatable bonds is 4.